The molecular weight excluding hydrogens is 224 g/mol. The SMILES string of the molecule is CC(C)C(C)CNCc1cccc(OCC#N)c1. The molecule has 0 amide bonds. The second kappa shape index (κ2) is 7.73. The first-order valence-corrected chi connectivity index (χ1v) is 6.43. The molecule has 0 saturated carbocycles. The van der Waals surface area contributed by atoms with Crippen molar-refractivity contribution < 1.29 is 4.74 Å². The third-order valence-electron chi connectivity index (χ3n) is 3.14. The van der Waals surface area contributed by atoms with Crippen molar-refractivity contribution in [1.29, 1.82) is 5.26 Å². The van der Waals surface area contributed by atoms with Crippen LogP contribution in [0.3, 0.4) is 0 Å². The van der Waals surface area contributed by atoms with Crippen LogP contribution in [0.15, 0.2) is 24.3 Å². The molecule has 0 aromatic heterocycles. The summed E-state index contributed by atoms with van der Waals surface area (Å²) in [5.41, 5.74) is 1.18. The summed E-state index contributed by atoms with van der Waals surface area (Å²) < 4.78 is 5.27. The Morgan fingerprint density at radius 1 is 1.33 bits per heavy atom. The van der Waals surface area contributed by atoms with Crippen molar-refractivity contribution in [1.82, 2.24) is 5.32 Å². The maximum atomic E-state index is 8.46. The smallest absolute Gasteiger partial charge is 0.174 e. The first-order chi connectivity index (χ1) is 8.63. The third kappa shape index (κ3) is 5.20. The van der Waals surface area contributed by atoms with Crippen molar-refractivity contribution in [3.63, 3.8) is 0 Å². The predicted octanol–water partition coefficient (Wildman–Crippen LogP) is 2.97. The van der Waals surface area contributed by atoms with E-state index < -0.39 is 0 Å². The number of nitrogens with zero attached hydrogens (tertiary/aromatic N) is 1. The summed E-state index contributed by atoms with van der Waals surface area (Å²) in [6.07, 6.45) is 0. The molecule has 98 valence electrons. The van der Waals surface area contributed by atoms with Crippen LogP contribution in [-0.4, -0.2) is 13.2 Å². The lowest BCUT2D eigenvalue weighted by atomic mass is 9.98. The van der Waals surface area contributed by atoms with Gasteiger partial charge in [-0.1, -0.05) is 32.9 Å². The summed E-state index contributed by atoms with van der Waals surface area (Å²) >= 11 is 0. The fourth-order valence-electron chi connectivity index (χ4n) is 1.54. The van der Waals surface area contributed by atoms with Gasteiger partial charge in [0.1, 0.15) is 11.8 Å². The van der Waals surface area contributed by atoms with Crippen LogP contribution in [-0.2, 0) is 6.54 Å². The van der Waals surface area contributed by atoms with Crippen molar-refractivity contribution in [3.05, 3.63) is 29.8 Å². The summed E-state index contributed by atoms with van der Waals surface area (Å²) in [4.78, 5) is 0. The van der Waals surface area contributed by atoms with Crippen LogP contribution >= 0.6 is 0 Å². The molecule has 0 heterocycles. The second-order valence-electron chi connectivity index (χ2n) is 4.95. The Balaban J connectivity index is 2.40. The minimum atomic E-state index is 0.0985. The minimum Gasteiger partial charge on any atom is -0.479 e. The van der Waals surface area contributed by atoms with E-state index in [9.17, 15) is 0 Å². The monoisotopic (exact) mass is 246 g/mol. The van der Waals surface area contributed by atoms with E-state index in [-0.39, 0.29) is 6.61 Å². The molecule has 0 saturated heterocycles. The van der Waals surface area contributed by atoms with Crippen LogP contribution in [0.25, 0.3) is 0 Å². The molecule has 1 rings (SSSR count). The normalized spacial score (nSPS) is 12.2. The van der Waals surface area contributed by atoms with E-state index in [1.54, 1.807) is 0 Å². The van der Waals surface area contributed by atoms with E-state index in [1.807, 2.05) is 24.3 Å². The molecule has 18 heavy (non-hydrogen) atoms. The zero-order valence-electron chi connectivity index (χ0n) is 11.4. The van der Waals surface area contributed by atoms with Crippen molar-refractivity contribution in [2.24, 2.45) is 11.8 Å². The average molecular weight is 246 g/mol. The molecule has 0 radical (unpaired) electrons. The van der Waals surface area contributed by atoms with E-state index in [0.29, 0.717) is 11.8 Å². The van der Waals surface area contributed by atoms with Gasteiger partial charge in [0.25, 0.3) is 0 Å². The Kier molecular flexibility index (Phi) is 6.24. The highest BCUT2D eigenvalue weighted by Crippen LogP contribution is 2.13. The molecule has 1 atom stereocenters. The van der Waals surface area contributed by atoms with Crippen LogP contribution < -0.4 is 10.1 Å². The van der Waals surface area contributed by atoms with Gasteiger partial charge < -0.3 is 10.1 Å². The Morgan fingerprint density at radius 2 is 2.11 bits per heavy atom. The topological polar surface area (TPSA) is 45.0 Å². The van der Waals surface area contributed by atoms with Crippen molar-refractivity contribution >= 4 is 0 Å². The largest absolute Gasteiger partial charge is 0.479 e. The van der Waals surface area contributed by atoms with Crippen molar-refractivity contribution in [2.45, 2.75) is 27.3 Å². The quantitative estimate of drug-likeness (QED) is 0.804. The average Bonchev–Trinajstić information content (AvgIpc) is 2.36. The molecule has 1 aromatic rings. The van der Waals surface area contributed by atoms with Crippen LogP contribution in [0.5, 0.6) is 5.75 Å². The molecule has 1 N–H and O–H groups in total. The highest BCUT2D eigenvalue weighted by atomic mass is 16.5. The molecule has 0 aliphatic heterocycles. The molecule has 0 aliphatic carbocycles. The molecule has 0 bridgehead atoms. The van der Waals surface area contributed by atoms with Crippen molar-refractivity contribution in [2.75, 3.05) is 13.2 Å². The molecule has 0 spiro atoms. The number of nitriles is 1. The number of ether oxygens (including phenoxy) is 1. The minimum absolute atomic E-state index is 0.0985. The van der Waals surface area contributed by atoms with Gasteiger partial charge in [0.15, 0.2) is 6.61 Å². The molecule has 1 aromatic carbocycles. The van der Waals surface area contributed by atoms with Gasteiger partial charge in [0, 0.05) is 6.54 Å². The van der Waals surface area contributed by atoms with Gasteiger partial charge in [-0.15, -0.1) is 0 Å². The number of hydrogen-bond acceptors (Lipinski definition) is 3. The van der Waals surface area contributed by atoms with Crippen LogP contribution in [0.4, 0.5) is 0 Å². The van der Waals surface area contributed by atoms with Crippen LogP contribution in [0.1, 0.15) is 26.3 Å². The number of nitrogens with one attached hydrogen (secondary N) is 1. The Hall–Kier alpha value is -1.53. The lowest BCUT2D eigenvalue weighted by Gasteiger charge is -2.16. The zero-order chi connectivity index (χ0) is 13.4. The first kappa shape index (κ1) is 14.5. The van der Waals surface area contributed by atoms with Crippen LogP contribution in [0, 0.1) is 23.2 Å². The Bertz CT molecular complexity index is 396. The fourth-order valence-corrected chi connectivity index (χ4v) is 1.54. The number of rotatable bonds is 7. The van der Waals surface area contributed by atoms with E-state index in [2.05, 4.69) is 32.2 Å². The molecule has 3 heteroatoms. The summed E-state index contributed by atoms with van der Waals surface area (Å²) in [6, 6.07) is 9.83. The standard InChI is InChI=1S/C15H22N2O/c1-12(2)13(3)10-17-11-14-5-4-6-15(9-14)18-8-7-16/h4-6,9,12-13,17H,8,10-11H2,1-3H3. The highest BCUT2D eigenvalue weighted by Gasteiger charge is 2.06. The number of benzene rings is 1. The lowest BCUT2D eigenvalue weighted by Crippen LogP contribution is -2.23. The predicted molar refractivity (Wildman–Crippen MR) is 73.3 cm³/mol. The maximum Gasteiger partial charge on any atom is 0.174 e. The first-order valence-electron chi connectivity index (χ1n) is 6.43. The van der Waals surface area contributed by atoms with Crippen LogP contribution in [0.2, 0.25) is 0 Å². The molecular formula is C15H22N2O. The van der Waals surface area contributed by atoms with Crippen molar-refractivity contribution in [3.8, 4) is 11.8 Å². The van der Waals surface area contributed by atoms with Gasteiger partial charge in [-0.3, -0.25) is 0 Å². The van der Waals surface area contributed by atoms with E-state index >= 15 is 0 Å². The van der Waals surface area contributed by atoms with E-state index in [0.717, 1.165) is 18.8 Å². The lowest BCUT2D eigenvalue weighted by molar-refractivity contribution is 0.367. The summed E-state index contributed by atoms with van der Waals surface area (Å²) in [7, 11) is 0. The van der Waals surface area contributed by atoms with Gasteiger partial charge in [0.2, 0.25) is 0 Å². The van der Waals surface area contributed by atoms with Gasteiger partial charge in [-0.05, 0) is 36.1 Å². The molecule has 0 fully saturated rings. The van der Waals surface area contributed by atoms with E-state index in [1.165, 1.54) is 5.56 Å². The zero-order valence-corrected chi connectivity index (χ0v) is 11.4. The van der Waals surface area contributed by atoms with Gasteiger partial charge in [0.05, 0.1) is 0 Å². The molecule has 1 unspecified atom stereocenters. The Morgan fingerprint density at radius 3 is 2.78 bits per heavy atom. The maximum absolute atomic E-state index is 8.46. The summed E-state index contributed by atoms with van der Waals surface area (Å²) in [6.45, 7) is 8.68. The third-order valence-corrected chi connectivity index (χ3v) is 3.14. The summed E-state index contributed by atoms with van der Waals surface area (Å²) in [5, 5.41) is 11.9. The Labute approximate surface area is 110 Å². The van der Waals surface area contributed by atoms with Gasteiger partial charge in [-0.25, -0.2) is 0 Å². The highest BCUT2D eigenvalue weighted by molar-refractivity contribution is 5.28. The summed E-state index contributed by atoms with van der Waals surface area (Å²) in [5.74, 6) is 2.12. The number of hydrogen-bond donors (Lipinski definition) is 1. The van der Waals surface area contributed by atoms with Gasteiger partial charge >= 0.3 is 0 Å². The second-order valence-corrected chi connectivity index (χ2v) is 4.95. The fraction of sp³-hybridized carbons (Fsp3) is 0.533. The molecule has 3 nitrogen and oxygen atoms in total. The van der Waals surface area contributed by atoms with E-state index in [4.69, 9.17) is 10.00 Å². The van der Waals surface area contributed by atoms with Gasteiger partial charge in [-0.2, -0.15) is 5.26 Å². The molecule has 0 aliphatic rings.